The summed E-state index contributed by atoms with van der Waals surface area (Å²) in [6.07, 6.45) is 1.30. The van der Waals surface area contributed by atoms with E-state index in [0.29, 0.717) is 12.5 Å². The summed E-state index contributed by atoms with van der Waals surface area (Å²) in [6.45, 7) is 0.405. The zero-order chi connectivity index (χ0) is 14.6. The third-order valence-corrected chi connectivity index (χ3v) is 3.85. The molecule has 1 atom stereocenters. The molecule has 1 heterocycles. The lowest BCUT2D eigenvalue weighted by Gasteiger charge is -2.30. The number of halogens is 3. The van der Waals surface area contributed by atoms with E-state index >= 15 is 0 Å². The van der Waals surface area contributed by atoms with E-state index in [1.165, 1.54) is 25.3 Å². The van der Waals surface area contributed by atoms with E-state index in [1.54, 1.807) is 6.07 Å². The molecule has 1 aromatic heterocycles. The van der Waals surface area contributed by atoms with Crippen LogP contribution in [0.2, 0.25) is 0 Å². The molecular formula is C14H20F3N3. The Morgan fingerprint density at radius 1 is 1.25 bits per heavy atom. The van der Waals surface area contributed by atoms with Crippen LogP contribution in [0.1, 0.15) is 37.8 Å². The van der Waals surface area contributed by atoms with Crippen molar-refractivity contribution in [1.29, 1.82) is 0 Å². The molecule has 3 N–H and O–H groups in total. The maximum absolute atomic E-state index is 12.6. The van der Waals surface area contributed by atoms with E-state index in [1.807, 2.05) is 0 Å². The van der Waals surface area contributed by atoms with Crippen molar-refractivity contribution in [2.45, 2.75) is 44.3 Å². The normalized spacial score (nSPS) is 18.8. The molecule has 0 amide bonds. The molecule has 3 nitrogen and oxygen atoms in total. The molecule has 1 aromatic rings. The monoisotopic (exact) mass is 287 g/mol. The number of nitrogens with one attached hydrogen (secondary N) is 1. The van der Waals surface area contributed by atoms with E-state index in [9.17, 15) is 13.2 Å². The Morgan fingerprint density at radius 2 is 1.95 bits per heavy atom. The van der Waals surface area contributed by atoms with Crippen LogP contribution in [0.4, 0.5) is 19.0 Å². The van der Waals surface area contributed by atoms with E-state index in [0.717, 1.165) is 18.9 Å². The zero-order valence-corrected chi connectivity index (χ0v) is 11.3. The van der Waals surface area contributed by atoms with E-state index in [-0.39, 0.29) is 11.9 Å². The summed E-state index contributed by atoms with van der Waals surface area (Å²) in [5, 5.41) is 3.07. The Bertz CT molecular complexity index is 428. The lowest BCUT2D eigenvalue weighted by atomic mass is 9.84. The highest BCUT2D eigenvalue weighted by molar-refractivity contribution is 5.37. The first kappa shape index (κ1) is 15.1. The van der Waals surface area contributed by atoms with Gasteiger partial charge in [-0.1, -0.05) is 25.3 Å². The topological polar surface area (TPSA) is 50.9 Å². The van der Waals surface area contributed by atoms with Crippen LogP contribution < -0.4 is 11.1 Å². The van der Waals surface area contributed by atoms with Crippen LogP contribution in [-0.4, -0.2) is 17.6 Å². The van der Waals surface area contributed by atoms with Crippen LogP contribution in [0, 0.1) is 5.92 Å². The minimum absolute atomic E-state index is 0.00807. The highest BCUT2D eigenvalue weighted by atomic mass is 19.4. The Balaban J connectivity index is 2.07. The third-order valence-electron chi connectivity index (χ3n) is 3.85. The molecule has 6 heteroatoms. The second-order valence-corrected chi connectivity index (χ2v) is 5.29. The largest absolute Gasteiger partial charge is 0.433 e. The molecule has 0 aliphatic heterocycles. The van der Waals surface area contributed by atoms with Crippen molar-refractivity contribution in [2.75, 3.05) is 11.9 Å². The van der Waals surface area contributed by atoms with Gasteiger partial charge in [-0.25, -0.2) is 4.98 Å². The number of alkyl halides is 3. The van der Waals surface area contributed by atoms with Gasteiger partial charge in [-0.2, -0.15) is 13.2 Å². The van der Waals surface area contributed by atoms with Crippen molar-refractivity contribution in [2.24, 2.45) is 11.7 Å². The maximum Gasteiger partial charge on any atom is 0.433 e. The van der Waals surface area contributed by atoms with Crippen molar-refractivity contribution < 1.29 is 13.2 Å². The fourth-order valence-corrected chi connectivity index (χ4v) is 2.77. The van der Waals surface area contributed by atoms with E-state index in [4.69, 9.17) is 5.73 Å². The molecule has 1 aliphatic carbocycles. The Hall–Kier alpha value is -1.30. The number of nitrogens with zero attached hydrogens (tertiary/aromatic N) is 1. The number of rotatable bonds is 4. The quantitative estimate of drug-likeness (QED) is 0.892. The second-order valence-electron chi connectivity index (χ2n) is 5.29. The summed E-state index contributed by atoms with van der Waals surface area (Å²) in [5.41, 5.74) is 4.89. The van der Waals surface area contributed by atoms with Gasteiger partial charge in [0.05, 0.1) is 0 Å². The predicted octanol–water partition coefficient (Wildman–Crippen LogP) is 3.42. The standard InChI is InChI=1S/C14H20F3N3/c15-14(16,17)12-7-4-8-13(20-12)19-11(9-18)10-5-2-1-3-6-10/h4,7-8,10-11H,1-3,5-6,9,18H2,(H,19,20). The summed E-state index contributed by atoms with van der Waals surface area (Å²) in [5.74, 6) is 0.672. The average molecular weight is 287 g/mol. The minimum Gasteiger partial charge on any atom is -0.366 e. The number of hydrogen-bond acceptors (Lipinski definition) is 3. The Labute approximate surface area is 116 Å². The maximum atomic E-state index is 12.6. The molecule has 0 aromatic carbocycles. The van der Waals surface area contributed by atoms with Crippen molar-refractivity contribution in [3.05, 3.63) is 23.9 Å². The predicted molar refractivity (Wildman–Crippen MR) is 72.3 cm³/mol. The Kier molecular flexibility index (Phi) is 4.86. The smallest absolute Gasteiger partial charge is 0.366 e. The number of anilines is 1. The van der Waals surface area contributed by atoms with Crippen LogP contribution >= 0.6 is 0 Å². The van der Waals surface area contributed by atoms with Crippen molar-refractivity contribution in [1.82, 2.24) is 4.98 Å². The molecule has 1 saturated carbocycles. The van der Waals surface area contributed by atoms with Gasteiger partial charge in [-0.15, -0.1) is 0 Å². The molecule has 1 fully saturated rings. The van der Waals surface area contributed by atoms with E-state index in [2.05, 4.69) is 10.3 Å². The second kappa shape index (κ2) is 6.43. The Morgan fingerprint density at radius 3 is 2.55 bits per heavy atom. The summed E-state index contributed by atoms with van der Waals surface area (Å²) >= 11 is 0. The average Bonchev–Trinajstić information content (AvgIpc) is 2.45. The summed E-state index contributed by atoms with van der Waals surface area (Å²) in [6, 6.07) is 3.89. The van der Waals surface area contributed by atoms with Gasteiger partial charge in [-0.05, 0) is 30.9 Å². The van der Waals surface area contributed by atoms with Gasteiger partial charge in [0.25, 0.3) is 0 Å². The van der Waals surface area contributed by atoms with Crippen molar-refractivity contribution in [3.63, 3.8) is 0 Å². The van der Waals surface area contributed by atoms with Gasteiger partial charge in [0.15, 0.2) is 0 Å². The summed E-state index contributed by atoms with van der Waals surface area (Å²) in [7, 11) is 0. The van der Waals surface area contributed by atoms with Gasteiger partial charge < -0.3 is 11.1 Å². The van der Waals surface area contributed by atoms with Gasteiger partial charge in [0.2, 0.25) is 0 Å². The van der Waals surface area contributed by atoms with Gasteiger partial charge >= 0.3 is 6.18 Å². The molecule has 0 bridgehead atoms. The number of aromatic nitrogens is 1. The van der Waals surface area contributed by atoms with E-state index < -0.39 is 11.9 Å². The fraction of sp³-hybridized carbons (Fsp3) is 0.643. The molecule has 1 aliphatic rings. The first-order chi connectivity index (χ1) is 9.50. The zero-order valence-electron chi connectivity index (χ0n) is 11.3. The highest BCUT2D eigenvalue weighted by Crippen LogP contribution is 2.30. The molecule has 0 radical (unpaired) electrons. The summed E-state index contributed by atoms with van der Waals surface area (Å²) in [4.78, 5) is 3.63. The van der Waals surface area contributed by atoms with Crippen LogP contribution in [0.5, 0.6) is 0 Å². The molecule has 2 rings (SSSR count). The van der Waals surface area contributed by atoms with Crippen molar-refractivity contribution >= 4 is 5.82 Å². The SMILES string of the molecule is NCC(Nc1cccc(C(F)(F)F)n1)C1CCCCC1. The van der Waals surface area contributed by atoms with Crippen LogP contribution in [0.15, 0.2) is 18.2 Å². The first-order valence-electron chi connectivity index (χ1n) is 7.01. The fourth-order valence-electron chi connectivity index (χ4n) is 2.77. The van der Waals surface area contributed by atoms with Crippen LogP contribution in [0.3, 0.4) is 0 Å². The number of hydrogen-bond donors (Lipinski definition) is 2. The van der Waals surface area contributed by atoms with Gasteiger partial charge in [0, 0.05) is 12.6 Å². The third kappa shape index (κ3) is 3.85. The molecule has 0 spiro atoms. The number of pyridine rings is 1. The van der Waals surface area contributed by atoms with Crippen LogP contribution in [-0.2, 0) is 6.18 Å². The van der Waals surface area contributed by atoms with Gasteiger partial charge in [0.1, 0.15) is 11.5 Å². The molecule has 1 unspecified atom stereocenters. The van der Waals surface area contributed by atoms with Crippen molar-refractivity contribution in [3.8, 4) is 0 Å². The molecule has 20 heavy (non-hydrogen) atoms. The lowest BCUT2D eigenvalue weighted by molar-refractivity contribution is -0.141. The minimum atomic E-state index is -4.42. The molecule has 0 saturated heterocycles. The highest BCUT2D eigenvalue weighted by Gasteiger charge is 2.32. The molecular weight excluding hydrogens is 267 g/mol. The molecule has 112 valence electrons. The van der Waals surface area contributed by atoms with Crippen LogP contribution in [0.25, 0.3) is 0 Å². The van der Waals surface area contributed by atoms with Gasteiger partial charge in [-0.3, -0.25) is 0 Å². The number of nitrogens with two attached hydrogens (primary N) is 1. The first-order valence-corrected chi connectivity index (χ1v) is 7.01. The lowest BCUT2D eigenvalue weighted by Crippen LogP contribution is -2.37. The summed E-state index contributed by atoms with van der Waals surface area (Å²) < 4.78 is 37.9.